The number of rotatable bonds is 6. The van der Waals surface area contributed by atoms with E-state index in [1.807, 2.05) is 30.6 Å². The van der Waals surface area contributed by atoms with E-state index in [1.54, 1.807) is 14.2 Å². The molecule has 0 spiro atoms. The number of benzene rings is 1. The lowest BCUT2D eigenvalue weighted by Gasteiger charge is -2.10. The Labute approximate surface area is 125 Å². The zero-order valence-electron chi connectivity index (χ0n) is 12.4. The molecule has 1 heterocycles. The second-order valence-electron chi connectivity index (χ2n) is 5.31. The summed E-state index contributed by atoms with van der Waals surface area (Å²) >= 11 is 0. The molecule has 0 bridgehead atoms. The van der Waals surface area contributed by atoms with E-state index in [0.29, 0.717) is 6.04 Å². The van der Waals surface area contributed by atoms with E-state index in [9.17, 15) is 0 Å². The number of methoxy groups -OCH3 is 2. The molecule has 2 aromatic rings. The van der Waals surface area contributed by atoms with Gasteiger partial charge in [-0.15, -0.1) is 0 Å². The maximum atomic E-state index is 5.36. The van der Waals surface area contributed by atoms with Crippen LogP contribution in [-0.4, -0.2) is 25.2 Å². The lowest BCUT2D eigenvalue weighted by atomic mass is 10.1. The van der Waals surface area contributed by atoms with E-state index in [4.69, 9.17) is 9.47 Å². The van der Waals surface area contributed by atoms with Gasteiger partial charge in [0.2, 0.25) is 0 Å². The molecule has 1 fully saturated rings. The Morgan fingerprint density at radius 2 is 1.86 bits per heavy atom. The van der Waals surface area contributed by atoms with E-state index in [2.05, 4.69) is 16.4 Å². The van der Waals surface area contributed by atoms with Crippen molar-refractivity contribution in [3.05, 3.63) is 42.2 Å². The van der Waals surface area contributed by atoms with Gasteiger partial charge in [0.05, 0.1) is 14.2 Å². The fourth-order valence-electron chi connectivity index (χ4n) is 2.31. The molecular formula is C17H20N2O2. The summed E-state index contributed by atoms with van der Waals surface area (Å²) in [6.45, 7) is 0.874. The topological polar surface area (TPSA) is 43.4 Å². The SMILES string of the molecule is COc1ccc(-c2cncc(CNC3CC3)c2)cc1OC. The molecular weight excluding hydrogens is 264 g/mol. The van der Waals surface area contributed by atoms with Crippen LogP contribution in [0.1, 0.15) is 18.4 Å². The van der Waals surface area contributed by atoms with E-state index in [0.717, 1.165) is 29.2 Å². The highest BCUT2D eigenvalue weighted by molar-refractivity contribution is 5.67. The van der Waals surface area contributed by atoms with Gasteiger partial charge in [0.15, 0.2) is 11.5 Å². The Morgan fingerprint density at radius 3 is 2.57 bits per heavy atom. The van der Waals surface area contributed by atoms with Crippen LogP contribution in [0.5, 0.6) is 11.5 Å². The van der Waals surface area contributed by atoms with Gasteiger partial charge in [0.1, 0.15) is 0 Å². The van der Waals surface area contributed by atoms with Crippen LogP contribution in [0.2, 0.25) is 0 Å². The third-order valence-corrected chi connectivity index (χ3v) is 3.68. The molecule has 1 saturated carbocycles. The summed E-state index contributed by atoms with van der Waals surface area (Å²) in [6, 6.07) is 8.80. The van der Waals surface area contributed by atoms with E-state index in [-0.39, 0.29) is 0 Å². The fraction of sp³-hybridized carbons (Fsp3) is 0.353. The van der Waals surface area contributed by atoms with Crippen molar-refractivity contribution in [1.29, 1.82) is 0 Å². The molecule has 1 aliphatic rings. The van der Waals surface area contributed by atoms with Gasteiger partial charge in [-0.3, -0.25) is 4.98 Å². The first kappa shape index (κ1) is 13.9. The van der Waals surface area contributed by atoms with Crippen molar-refractivity contribution in [1.82, 2.24) is 10.3 Å². The predicted octanol–water partition coefficient (Wildman–Crippen LogP) is 3.02. The van der Waals surface area contributed by atoms with Crippen molar-refractivity contribution in [3.8, 4) is 22.6 Å². The zero-order chi connectivity index (χ0) is 14.7. The molecule has 3 rings (SSSR count). The fourth-order valence-corrected chi connectivity index (χ4v) is 2.31. The zero-order valence-corrected chi connectivity index (χ0v) is 12.4. The second kappa shape index (κ2) is 6.14. The lowest BCUT2D eigenvalue weighted by molar-refractivity contribution is 0.355. The summed E-state index contributed by atoms with van der Waals surface area (Å²) in [5.74, 6) is 1.47. The standard InChI is InChI=1S/C17H20N2O2/c1-20-16-6-3-13(8-17(16)21-2)14-7-12(9-18-11-14)10-19-15-4-5-15/h3,6-9,11,15,19H,4-5,10H2,1-2H3. The highest BCUT2D eigenvalue weighted by atomic mass is 16.5. The van der Waals surface area contributed by atoms with Crippen LogP contribution in [0.3, 0.4) is 0 Å². The molecule has 0 aliphatic heterocycles. The second-order valence-corrected chi connectivity index (χ2v) is 5.31. The Balaban J connectivity index is 1.83. The monoisotopic (exact) mass is 284 g/mol. The number of pyridine rings is 1. The van der Waals surface area contributed by atoms with Gasteiger partial charge in [-0.1, -0.05) is 6.07 Å². The summed E-state index contributed by atoms with van der Waals surface area (Å²) < 4.78 is 10.6. The van der Waals surface area contributed by atoms with Crippen LogP contribution in [-0.2, 0) is 6.54 Å². The van der Waals surface area contributed by atoms with Gasteiger partial charge < -0.3 is 14.8 Å². The molecule has 1 N–H and O–H groups in total. The van der Waals surface area contributed by atoms with Crippen molar-refractivity contribution in [3.63, 3.8) is 0 Å². The first-order valence-corrected chi connectivity index (χ1v) is 7.20. The minimum Gasteiger partial charge on any atom is -0.493 e. The summed E-state index contributed by atoms with van der Waals surface area (Å²) in [5.41, 5.74) is 3.37. The highest BCUT2D eigenvalue weighted by Crippen LogP contribution is 2.32. The van der Waals surface area contributed by atoms with Crippen LogP contribution in [0, 0.1) is 0 Å². The molecule has 4 heteroatoms. The van der Waals surface area contributed by atoms with E-state index >= 15 is 0 Å². The van der Waals surface area contributed by atoms with Crippen LogP contribution in [0.25, 0.3) is 11.1 Å². The van der Waals surface area contributed by atoms with Crippen LogP contribution < -0.4 is 14.8 Å². The molecule has 0 atom stereocenters. The number of nitrogens with zero attached hydrogens (tertiary/aromatic N) is 1. The first-order valence-electron chi connectivity index (χ1n) is 7.20. The Bertz CT molecular complexity index is 624. The number of hydrogen-bond donors (Lipinski definition) is 1. The van der Waals surface area contributed by atoms with Crippen molar-refractivity contribution in [2.24, 2.45) is 0 Å². The molecule has 0 radical (unpaired) electrons. The molecule has 0 unspecified atom stereocenters. The molecule has 1 aromatic heterocycles. The molecule has 110 valence electrons. The average molecular weight is 284 g/mol. The summed E-state index contributed by atoms with van der Waals surface area (Å²) in [5, 5.41) is 3.51. The molecule has 1 aliphatic carbocycles. The summed E-state index contributed by atoms with van der Waals surface area (Å²) in [7, 11) is 3.29. The van der Waals surface area contributed by atoms with Crippen LogP contribution >= 0.6 is 0 Å². The van der Waals surface area contributed by atoms with Crippen molar-refractivity contribution >= 4 is 0 Å². The number of aromatic nitrogens is 1. The van der Waals surface area contributed by atoms with E-state index < -0.39 is 0 Å². The Kier molecular flexibility index (Phi) is 4.06. The summed E-state index contributed by atoms with van der Waals surface area (Å²) in [4.78, 5) is 4.35. The van der Waals surface area contributed by atoms with E-state index in [1.165, 1.54) is 18.4 Å². The average Bonchev–Trinajstić information content (AvgIpc) is 3.37. The number of nitrogens with one attached hydrogen (secondary N) is 1. The number of ether oxygens (including phenoxy) is 2. The normalized spacial score (nSPS) is 14.0. The highest BCUT2D eigenvalue weighted by Gasteiger charge is 2.20. The molecule has 21 heavy (non-hydrogen) atoms. The maximum absolute atomic E-state index is 5.36. The van der Waals surface area contributed by atoms with Crippen LogP contribution in [0.4, 0.5) is 0 Å². The van der Waals surface area contributed by atoms with Gasteiger partial charge in [0, 0.05) is 30.5 Å². The largest absolute Gasteiger partial charge is 0.493 e. The Morgan fingerprint density at radius 1 is 1.05 bits per heavy atom. The Hall–Kier alpha value is -2.07. The van der Waals surface area contributed by atoms with Crippen molar-refractivity contribution < 1.29 is 9.47 Å². The third kappa shape index (κ3) is 3.34. The number of hydrogen-bond acceptors (Lipinski definition) is 4. The van der Waals surface area contributed by atoms with Crippen molar-refractivity contribution in [2.45, 2.75) is 25.4 Å². The first-order chi connectivity index (χ1) is 10.3. The van der Waals surface area contributed by atoms with Crippen molar-refractivity contribution in [2.75, 3.05) is 14.2 Å². The molecule has 0 amide bonds. The van der Waals surface area contributed by atoms with Gasteiger partial charge in [-0.25, -0.2) is 0 Å². The van der Waals surface area contributed by atoms with Gasteiger partial charge >= 0.3 is 0 Å². The minimum atomic E-state index is 0.703. The van der Waals surface area contributed by atoms with Crippen LogP contribution in [0.15, 0.2) is 36.7 Å². The lowest BCUT2D eigenvalue weighted by Crippen LogP contribution is -2.15. The molecule has 0 saturated heterocycles. The maximum Gasteiger partial charge on any atom is 0.161 e. The predicted molar refractivity (Wildman–Crippen MR) is 82.6 cm³/mol. The molecule has 1 aromatic carbocycles. The minimum absolute atomic E-state index is 0.703. The smallest absolute Gasteiger partial charge is 0.161 e. The van der Waals surface area contributed by atoms with Gasteiger partial charge in [-0.2, -0.15) is 0 Å². The van der Waals surface area contributed by atoms with Gasteiger partial charge in [0.25, 0.3) is 0 Å². The third-order valence-electron chi connectivity index (χ3n) is 3.68. The molecule has 4 nitrogen and oxygen atoms in total. The summed E-state index contributed by atoms with van der Waals surface area (Å²) in [6.07, 6.45) is 6.38. The van der Waals surface area contributed by atoms with Gasteiger partial charge in [-0.05, 0) is 42.2 Å². The quantitative estimate of drug-likeness (QED) is 0.885.